The van der Waals surface area contributed by atoms with Crippen LogP contribution in [-0.2, 0) is 13.2 Å². The van der Waals surface area contributed by atoms with Crippen LogP contribution in [0, 0.1) is 5.92 Å². The molecule has 1 aromatic carbocycles. The maximum Gasteiger partial charge on any atom is 0.417 e. The topological polar surface area (TPSA) is 63.6 Å². The molecule has 1 aliphatic carbocycles. The lowest BCUT2D eigenvalue weighted by atomic mass is 9.72. The fraction of sp³-hybridized carbons (Fsp3) is 0.350. The molecule has 0 spiro atoms. The largest absolute Gasteiger partial charge is 0.417 e. The normalized spacial score (nSPS) is 16.0. The van der Waals surface area contributed by atoms with Crippen LogP contribution in [0.5, 0.6) is 0 Å². The lowest BCUT2D eigenvalue weighted by Crippen LogP contribution is -2.24. The molecule has 1 N–H and O–H groups in total. The molecule has 5 nitrogen and oxygen atoms in total. The molecule has 1 atom stereocenters. The Morgan fingerprint density at radius 1 is 1.25 bits per heavy atom. The maximum atomic E-state index is 13.1. The highest BCUT2D eigenvalue weighted by atomic mass is 19.4. The van der Waals surface area contributed by atoms with Crippen LogP contribution in [0.25, 0.3) is 11.1 Å². The second-order valence-electron chi connectivity index (χ2n) is 7.22. The molecule has 0 saturated heterocycles. The van der Waals surface area contributed by atoms with Crippen LogP contribution in [0.1, 0.15) is 42.1 Å². The zero-order valence-corrected chi connectivity index (χ0v) is 15.2. The van der Waals surface area contributed by atoms with Gasteiger partial charge < -0.3 is 9.55 Å². The number of nitrogens with one attached hydrogen (secondary N) is 1. The molecular formula is C20H19F3N4O. The Hall–Kier alpha value is -2.90. The van der Waals surface area contributed by atoms with E-state index in [4.69, 9.17) is 0 Å². The number of nitrogens with zero attached hydrogens (tertiary/aromatic N) is 3. The highest BCUT2D eigenvalue weighted by molar-refractivity contribution is 5.64. The molecule has 0 aliphatic heterocycles. The molecule has 2 heterocycles. The van der Waals surface area contributed by atoms with Gasteiger partial charge in [0.15, 0.2) is 0 Å². The van der Waals surface area contributed by atoms with E-state index in [1.807, 2.05) is 17.7 Å². The van der Waals surface area contributed by atoms with Crippen LogP contribution in [0.2, 0.25) is 0 Å². The summed E-state index contributed by atoms with van der Waals surface area (Å²) in [6.45, 7) is 0. The van der Waals surface area contributed by atoms with E-state index in [1.54, 1.807) is 24.5 Å². The van der Waals surface area contributed by atoms with Gasteiger partial charge in [-0.1, -0.05) is 30.7 Å². The fourth-order valence-corrected chi connectivity index (χ4v) is 3.74. The van der Waals surface area contributed by atoms with Crippen molar-refractivity contribution in [3.05, 3.63) is 70.2 Å². The maximum absolute atomic E-state index is 13.1. The molecule has 1 aliphatic rings. The number of benzene rings is 1. The minimum Gasteiger partial charge on any atom is -0.328 e. The van der Waals surface area contributed by atoms with E-state index < -0.39 is 17.3 Å². The summed E-state index contributed by atoms with van der Waals surface area (Å²) in [4.78, 5) is 14.4. The van der Waals surface area contributed by atoms with Crippen molar-refractivity contribution in [1.82, 2.24) is 19.7 Å². The number of alkyl halides is 3. The second kappa shape index (κ2) is 6.92. The Bertz CT molecular complexity index is 1050. The van der Waals surface area contributed by atoms with E-state index in [0.717, 1.165) is 36.7 Å². The van der Waals surface area contributed by atoms with Crippen LogP contribution < -0.4 is 5.56 Å². The first-order chi connectivity index (χ1) is 13.3. The van der Waals surface area contributed by atoms with E-state index in [2.05, 4.69) is 15.2 Å². The first-order valence-electron chi connectivity index (χ1n) is 9.09. The first kappa shape index (κ1) is 18.5. The van der Waals surface area contributed by atoms with Crippen molar-refractivity contribution in [3.63, 3.8) is 0 Å². The van der Waals surface area contributed by atoms with Crippen molar-refractivity contribution in [2.45, 2.75) is 31.4 Å². The van der Waals surface area contributed by atoms with Gasteiger partial charge in [-0.05, 0) is 36.0 Å². The van der Waals surface area contributed by atoms with E-state index in [9.17, 15) is 18.0 Å². The summed E-state index contributed by atoms with van der Waals surface area (Å²) in [7, 11) is 1.88. The van der Waals surface area contributed by atoms with Crippen LogP contribution in [0.4, 0.5) is 13.2 Å². The molecule has 0 unspecified atom stereocenters. The van der Waals surface area contributed by atoms with Crippen molar-refractivity contribution < 1.29 is 13.2 Å². The lowest BCUT2D eigenvalue weighted by molar-refractivity contribution is -0.137. The molecule has 146 valence electrons. The SMILES string of the molecule is Cn1cnnc1[C@@H](c1cccc(-c2cc(C(F)(F)F)c[nH]c2=O)c1)C1CCC1. The monoisotopic (exact) mass is 388 g/mol. The first-order valence-corrected chi connectivity index (χ1v) is 9.09. The van der Waals surface area contributed by atoms with E-state index >= 15 is 0 Å². The second-order valence-corrected chi connectivity index (χ2v) is 7.22. The Balaban J connectivity index is 1.80. The zero-order valence-electron chi connectivity index (χ0n) is 15.2. The molecule has 1 saturated carbocycles. The van der Waals surface area contributed by atoms with Crippen LogP contribution in [0.15, 0.2) is 47.7 Å². The molecule has 8 heteroatoms. The Kier molecular flexibility index (Phi) is 4.56. The quantitative estimate of drug-likeness (QED) is 0.731. The molecule has 1 fully saturated rings. The van der Waals surface area contributed by atoms with Gasteiger partial charge in [-0.25, -0.2) is 0 Å². The van der Waals surface area contributed by atoms with Gasteiger partial charge >= 0.3 is 6.18 Å². The van der Waals surface area contributed by atoms with Crippen LogP contribution >= 0.6 is 0 Å². The number of halogens is 3. The van der Waals surface area contributed by atoms with Gasteiger partial charge in [0.2, 0.25) is 0 Å². The van der Waals surface area contributed by atoms with Gasteiger partial charge in [0, 0.05) is 24.7 Å². The molecule has 28 heavy (non-hydrogen) atoms. The number of hydrogen-bond donors (Lipinski definition) is 1. The van der Waals surface area contributed by atoms with E-state index in [-0.39, 0.29) is 11.5 Å². The summed E-state index contributed by atoms with van der Waals surface area (Å²) in [5.41, 5.74) is -0.0474. The average molecular weight is 388 g/mol. The number of aryl methyl sites for hydroxylation is 1. The summed E-state index contributed by atoms with van der Waals surface area (Å²) in [6, 6.07) is 8.05. The standard InChI is InChI=1S/C20H19F3N4O/c1-27-11-25-26-18(27)17(12-4-2-5-12)14-7-3-6-13(8-14)16-9-15(20(21,22)23)10-24-19(16)28/h3,6-12,17H,2,4-5H2,1H3,(H,24,28)/t17-/m1/s1. The number of aromatic nitrogens is 4. The van der Waals surface area contributed by atoms with E-state index in [1.165, 1.54) is 0 Å². The number of aromatic amines is 1. The molecule has 0 bridgehead atoms. The van der Waals surface area contributed by atoms with E-state index in [0.29, 0.717) is 17.7 Å². The average Bonchev–Trinajstić information content (AvgIpc) is 3.03. The summed E-state index contributed by atoms with van der Waals surface area (Å²) in [6.07, 6.45) is 1.09. The van der Waals surface area contributed by atoms with Crippen molar-refractivity contribution in [1.29, 1.82) is 0 Å². The fourth-order valence-electron chi connectivity index (χ4n) is 3.74. The molecule has 2 aromatic heterocycles. The van der Waals surface area contributed by atoms with Crippen molar-refractivity contribution in [2.24, 2.45) is 13.0 Å². The molecule has 3 aromatic rings. The third kappa shape index (κ3) is 3.34. The lowest BCUT2D eigenvalue weighted by Gasteiger charge is -2.33. The zero-order chi connectivity index (χ0) is 19.9. The van der Waals surface area contributed by atoms with Crippen LogP contribution in [-0.4, -0.2) is 19.7 Å². The van der Waals surface area contributed by atoms with Gasteiger partial charge in [0.25, 0.3) is 5.56 Å². The number of rotatable bonds is 4. The molecule has 4 rings (SSSR count). The van der Waals surface area contributed by atoms with Gasteiger partial charge in [-0.3, -0.25) is 4.79 Å². The van der Waals surface area contributed by atoms with Gasteiger partial charge in [0.05, 0.1) is 5.56 Å². The number of pyridine rings is 1. The Morgan fingerprint density at radius 2 is 2.04 bits per heavy atom. The van der Waals surface area contributed by atoms with Crippen LogP contribution in [0.3, 0.4) is 0 Å². The molecule has 0 amide bonds. The molecule has 0 radical (unpaired) electrons. The van der Waals surface area contributed by atoms with Gasteiger partial charge in [-0.15, -0.1) is 10.2 Å². The van der Waals surface area contributed by atoms with Crippen molar-refractivity contribution >= 4 is 0 Å². The number of H-pyrrole nitrogens is 1. The van der Waals surface area contributed by atoms with Crippen molar-refractivity contribution in [3.8, 4) is 11.1 Å². The minimum atomic E-state index is -4.52. The van der Waals surface area contributed by atoms with Crippen molar-refractivity contribution in [2.75, 3.05) is 0 Å². The summed E-state index contributed by atoms with van der Waals surface area (Å²) < 4.78 is 41.1. The number of hydrogen-bond acceptors (Lipinski definition) is 3. The highest BCUT2D eigenvalue weighted by Crippen LogP contribution is 2.43. The minimum absolute atomic E-state index is 0.00185. The highest BCUT2D eigenvalue weighted by Gasteiger charge is 2.34. The predicted octanol–water partition coefficient (Wildman–Crippen LogP) is 4.12. The summed E-state index contributed by atoms with van der Waals surface area (Å²) >= 11 is 0. The predicted molar refractivity (Wildman–Crippen MR) is 97.7 cm³/mol. The Morgan fingerprint density at radius 3 is 2.64 bits per heavy atom. The smallest absolute Gasteiger partial charge is 0.328 e. The summed E-state index contributed by atoms with van der Waals surface area (Å²) in [5, 5.41) is 8.23. The molecular weight excluding hydrogens is 369 g/mol. The van der Waals surface area contributed by atoms with Gasteiger partial charge in [0.1, 0.15) is 12.2 Å². The summed E-state index contributed by atoms with van der Waals surface area (Å²) in [5.74, 6) is 1.21. The third-order valence-electron chi connectivity index (χ3n) is 5.43. The Labute approximate surface area is 159 Å². The third-order valence-corrected chi connectivity index (χ3v) is 5.43. The van der Waals surface area contributed by atoms with Gasteiger partial charge in [-0.2, -0.15) is 13.2 Å².